The van der Waals surface area contributed by atoms with Gasteiger partial charge in [0.2, 0.25) is 9.47 Å². The Kier molecular flexibility index (Phi) is 3.67. The third kappa shape index (κ3) is 2.81. The number of hydrogen-bond donors (Lipinski definition) is 0. The molecule has 0 radical (unpaired) electrons. The minimum absolute atomic E-state index is 0.157. The van der Waals surface area contributed by atoms with Gasteiger partial charge < -0.3 is 4.90 Å². The molecule has 20 heavy (non-hydrogen) atoms. The molecule has 0 spiro atoms. The third-order valence-corrected chi connectivity index (χ3v) is 4.14. The van der Waals surface area contributed by atoms with Crippen molar-refractivity contribution < 1.29 is 9.18 Å². The summed E-state index contributed by atoms with van der Waals surface area (Å²) >= 11 is 6.75. The average Bonchev–Trinajstić information content (AvgIpc) is 3.18. The van der Waals surface area contributed by atoms with Crippen LogP contribution in [0.4, 0.5) is 4.39 Å². The summed E-state index contributed by atoms with van der Waals surface area (Å²) in [6.07, 6.45) is 1.87. The number of carbonyl (C=O) groups excluding carboxylic acids is 1. The largest absolute Gasteiger partial charge is 0.329 e. The fourth-order valence-electron chi connectivity index (χ4n) is 1.98. The van der Waals surface area contributed by atoms with Gasteiger partial charge in [-0.15, -0.1) is 10.2 Å². The van der Waals surface area contributed by atoms with Gasteiger partial charge in [0.15, 0.2) is 0 Å². The van der Waals surface area contributed by atoms with Crippen molar-refractivity contribution in [3.05, 3.63) is 45.1 Å². The summed E-state index contributed by atoms with van der Waals surface area (Å²) < 4.78 is 14.0. The predicted molar refractivity (Wildman–Crippen MR) is 74.2 cm³/mol. The van der Waals surface area contributed by atoms with Crippen molar-refractivity contribution in [2.75, 3.05) is 0 Å². The Bertz CT molecular complexity index is 644. The highest BCUT2D eigenvalue weighted by atomic mass is 35.5. The lowest BCUT2D eigenvalue weighted by molar-refractivity contribution is 0.0727. The molecular formula is C13H11ClFN3OS. The normalized spacial score (nSPS) is 14.3. The SMILES string of the molecule is O=C(c1nnc(Cl)s1)N(Cc1ccccc1F)C1CC1. The van der Waals surface area contributed by atoms with E-state index in [1.807, 2.05) is 0 Å². The first-order valence-corrected chi connectivity index (χ1v) is 7.38. The Morgan fingerprint density at radius 1 is 1.40 bits per heavy atom. The molecule has 0 bridgehead atoms. The summed E-state index contributed by atoms with van der Waals surface area (Å²) in [6, 6.07) is 6.63. The molecule has 1 aliphatic carbocycles. The highest BCUT2D eigenvalue weighted by Crippen LogP contribution is 2.31. The van der Waals surface area contributed by atoms with Crippen molar-refractivity contribution in [1.82, 2.24) is 15.1 Å². The second-order valence-corrected chi connectivity index (χ2v) is 6.18. The summed E-state index contributed by atoms with van der Waals surface area (Å²) in [4.78, 5) is 14.1. The number of carbonyl (C=O) groups is 1. The summed E-state index contributed by atoms with van der Waals surface area (Å²) in [7, 11) is 0. The molecule has 0 saturated heterocycles. The number of aromatic nitrogens is 2. The van der Waals surface area contributed by atoms with E-state index in [2.05, 4.69) is 10.2 Å². The summed E-state index contributed by atoms with van der Waals surface area (Å²) in [5.41, 5.74) is 0.503. The van der Waals surface area contributed by atoms with E-state index in [0.29, 0.717) is 5.56 Å². The van der Waals surface area contributed by atoms with Gasteiger partial charge in [-0.05, 0) is 30.5 Å². The first kappa shape index (κ1) is 13.5. The topological polar surface area (TPSA) is 46.1 Å². The highest BCUT2D eigenvalue weighted by Gasteiger charge is 2.34. The maximum absolute atomic E-state index is 13.7. The first-order chi connectivity index (χ1) is 9.65. The number of rotatable bonds is 4. The lowest BCUT2D eigenvalue weighted by Crippen LogP contribution is -2.32. The van der Waals surface area contributed by atoms with Crippen LogP contribution in [0, 0.1) is 5.82 Å². The highest BCUT2D eigenvalue weighted by molar-refractivity contribution is 7.17. The van der Waals surface area contributed by atoms with Crippen LogP contribution in [-0.2, 0) is 6.54 Å². The van der Waals surface area contributed by atoms with Gasteiger partial charge in [0.05, 0.1) is 0 Å². The Labute approximate surface area is 124 Å². The van der Waals surface area contributed by atoms with E-state index < -0.39 is 0 Å². The van der Waals surface area contributed by atoms with Gasteiger partial charge in [0, 0.05) is 18.2 Å². The molecule has 104 valence electrons. The van der Waals surface area contributed by atoms with Crippen LogP contribution in [0.25, 0.3) is 0 Å². The van der Waals surface area contributed by atoms with Crippen LogP contribution in [0.1, 0.15) is 28.2 Å². The van der Waals surface area contributed by atoms with Gasteiger partial charge in [0.25, 0.3) is 5.91 Å². The van der Waals surface area contributed by atoms with E-state index >= 15 is 0 Å². The fourth-order valence-corrected chi connectivity index (χ4v) is 2.76. The Morgan fingerprint density at radius 2 is 2.15 bits per heavy atom. The Balaban J connectivity index is 1.83. The molecule has 0 aliphatic heterocycles. The number of hydrogen-bond acceptors (Lipinski definition) is 4. The molecule has 1 fully saturated rings. The smallest absolute Gasteiger partial charge is 0.285 e. The van der Waals surface area contributed by atoms with Crippen molar-refractivity contribution in [2.24, 2.45) is 0 Å². The molecule has 0 unspecified atom stereocenters. The van der Waals surface area contributed by atoms with Crippen LogP contribution in [-0.4, -0.2) is 27.0 Å². The molecule has 1 aliphatic rings. The van der Waals surface area contributed by atoms with Gasteiger partial charge in [0.1, 0.15) is 5.82 Å². The fraction of sp³-hybridized carbons (Fsp3) is 0.308. The molecule has 1 amide bonds. The van der Waals surface area contributed by atoms with E-state index in [0.717, 1.165) is 24.2 Å². The molecule has 4 nitrogen and oxygen atoms in total. The third-order valence-electron chi connectivity index (χ3n) is 3.13. The monoisotopic (exact) mass is 311 g/mol. The van der Waals surface area contributed by atoms with Crippen molar-refractivity contribution in [3.8, 4) is 0 Å². The second kappa shape index (κ2) is 5.46. The van der Waals surface area contributed by atoms with Gasteiger partial charge in [-0.1, -0.05) is 29.5 Å². The zero-order valence-corrected chi connectivity index (χ0v) is 12.0. The maximum atomic E-state index is 13.7. The van der Waals surface area contributed by atoms with Crippen molar-refractivity contribution in [3.63, 3.8) is 0 Å². The average molecular weight is 312 g/mol. The molecule has 2 aromatic rings. The number of benzene rings is 1. The van der Waals surface area contributed by atoms with Crippen LogP contribution < -0.4 is 0 Å². The van der Waals surface area contributed by atoms with Gasteiger partial charge in [-0.25, -0.2) is 4.39 Å². The predicted octanol–water partition coefficient (Wildman–Crippen LogP) is 3.14. The van der Waals surface area contributed by atoms with Crippen LogP contribution in [0.15, 0.2) is 24.3 Å². The number of halogens is 2. The lowest BCUT2D eigenvalue weighted by atomic mass is 10.2. The molecule has 1 saturated carbocycles. The molecular weight excluding hydrogens is 301 g/mol. The summed E-state index contributed by atoms with van der Waals surface area (Å²) in [5.74, 6) is -0.540. The zero-order chi connectivity index (χ0) is 14.1. The van der Waals surface area contributed by atoms with Crippen molar-refractivity contribution in [1.29, 1.82) is 0 Å². The Morgan fingerprint density at radius 3 is 2.75 bits per heavy atom. The lowest BCUT2D eigenvalue weighted by Gasteiger charge is -2.21. The van der Waals surface area contributed by atoms with Gasteiger partial charge >= 0.3 is 0 Å². The van der Waals surface area contributed by atoms with Gasteiger partial charge in [-0.3, -0.25) is 4.79 Å². The molecule has 1 heterocycles. The molecule has 1 aromatic heterocycles. The first-order valence-electron chi connectivity index (χ1n) is 6.18. The van der Waals surface area contributed by atoms with Crippen LogP contribution in [0.5, 0.6) is 0 Å². The van der Waals surface area contributed by atoms with Crippen molar-refractivity contribution in [2.45, 2.75) is 25.4 Å². The minimum atomic E-state index is -0.304. The van der Waals surface area contributed by atoms with E-state index in [-0.39, 0.29) is 33.8 Å². The maximum Gasteiger partial charge on any atom is 0.285 e. The van der Waals surface area contributed by atoms with Gasteiger partial charge in [-0.2, -0.15) is 0 Å². The van der Waals surface area contributed by atoms with E-state index in [4.69, 9.17) is 11.6 Å². The van der Waals surface area contributed by atoms with Crippen LogP contribution >= 0.6 is 22.9 Å². The number of amides is 1. The van der Waals surface area contributed by atoms with Crippen LogP contribution in [0.3, 0.4) is 0 Å². The summed E-state index contributed by atoms with van der Waals surface area (Å²) in [6.45, 7) is 0.243. The molecule has 7 heteroatoms. The van der Waals surface area contributed by atoms with E-state index in [1.54, 1.807) is 23.1 Å². The molecule has 0 N–H and O–H groups in total. The quantitative estimate of drug-likeness (QED) is 0.871. The van der Waals surface area contributed by atoms with Crippen molar-refractivity contribution >= 4 is 28.8 Å². The Hall–Kier alpha value is -1.53. The van der Waals surface area contributed by atoms with Crippen LogP contribution in [0.2, 0.25) is 4.47 Å². The zero-order valence-electron chi connectivity index (χ0n) is 10.4. The second-order valence-electron chi connectivity index (χ2n) is 4.62. The summed E-state index contributed by atoms with van der Waals surface area (Å²) in [5, 5.41) is 7.65. The molecule has 0 atom stereocenters. The van der Waals surface area contributed by atoms with E-state index in [9.17, 15) is 9.18 Å². The van der Waals surface area contributed by atoms with E-state index in [1.165, 1.54) is 6.07 Å². The standard InChI is InChI=1S/C13H11ClFN3OS/c14-13-17-16-11(20-13)12(19)18(9-5-6-9)7-8-3-1-2-4-10(8)15/h1-4,9H,5-7H2. The number of nitrogens with zero attached hydrogens (tertiary/aromatic N) is 3. The molecule has 3 rings (SSSR count). The minimum Gasteiger partial charge on any atom is -0.329 e. The molecule has 1 aromatic carbocycles.